The van der Waals surface area contributed by atoms with Crippen LogP contribution in [0.1, 0.15) is 12.5 Å². The van der Waals surface area contributed by atoms with E-state index >= 15 is 0 Å². The normalized spacial score (nSPS) is 12.8. The van der Waals surface area contributed by atoms with E-state index in [0.717, 1.165) is 5.56 Å². The summed E-state index contributed by atoms with van der Waals surface area (Å²) in [6.45, 7) is 3.16. The number of fused-ring (bicyclic) bond motifs is 1. The molecule has 0 spiro atoms. The third-order valence-corrected chi connectivity index (χ3v) is 3.85. The zero-order valence-electron chi connectivity index (χ0n) is 14.5. The minimum absolute atomic E-state index is 0.0881. The van der Waals surface area contributed by atoms with Crippen molar-refractivity contribution in [3.63, 3.8) is 0 Å². The van der Waals surface area contributed by atoms with Gasteiger partial charge in [0.15, 0.2) is 6.61 Å². The summed E-state index contributed by atoms with van der Waals surface area (Å²) in [5.74, 6) is -0.157. The van der Waals surface area contributed by atoms with Crippen molar-refractivity contribution >= 4 is 34.8 Å². The maximum Gasteiger partial charge on any atom is 0.265 e. The van der Waals surface area contributed by atoms with Crippen molar-refractivity contribution in [3.05, 3.63) is 48.0 Å². The molecule has 3 rings (SSSR count). The zero-order valence-corrected chi connectivity index (χ0v) is 14.5. The first-order chi connectivity index (χ1) is 12.4. The highest BCUT2D eigenvalue weighted by atomic mass is 16.5. The smallest absolute Gasteiger partial charge is 0.265 e. The average Bonchev–Trinajstić information content (AvgIpc) is 2.59. The van der Waals surface area contributed by atoms with Crippen LogP contribution in [0.4, 0.5) is 17.1 Å². The molecule has 1 aliphatic heterocycles. The first-order valence-corrected chi connectivity index (χ1v) is 8.14. The summed E-state index contributed by atoms with van der Waals surface area (Å²) in [6, 6.07) is 12.2. The van der Waals surface area contributed by atoms with E-state index in [9.17, 15) is 14.4 Å². The number of ether oxygens (including phenoxy) is 1. The highest BCUT2D eigenvalue weighted by Gasteiger charge is 2.27. The summed E-state index contributed by atoms with van der Waals surface area (Å²) in [5.41, 5.74) is 2.82. The van der Waals surface area contributed by atoms with Crippen LogP contribution in [-0.2, 0) is 14.4 Å². The molecule has 0 atom stereocenters. The second-order valence-corrected chi connectivity index (χ2v) is 6.05. The first kappa shape index (κ1) is 17.5. The summed E-state index contributed by atoms with van der Waals surface area (Å²) in [4.78, 5) is 36.9. The lowest BCUT2D eigenvalue weighted by Gasteiger charge is -2.29. The summed E-state index contributed by atoms with van der Waals surface area (Å²) in [5, 5.41) is 5.40. The Morgan fingerprint density at radius 3 is 2.38 bits per heavy atom. The van der Waals surface area contributed by atoms with Gasteiger partial charge in [0, 0.05) is 18.3 Å². The molecule has 1 heterocycles. The predicted molar refractivity (Wildman–Crippen MR) is 98.4 cm³/mol. The number of carbonyl (C=O) groups excluding carboxylic acids is 3. The standard InChI is InChI=1S/C19H19N3O4/c1-12-3-8-16-17(9-12)26-11-19(25)22(16)10-18(24)21-15-6-4-14(5-7-15)20-13(2)23/h3-9H,10-11H2,1-2H3,(H,20,23)(H,21,24). The van der Waals surface area contributed by atoms with Crippen molar-refractivity contribution in [2.24, 2.45) is 0 Å². The lowest BCUT2D eigenvalue weighted by Crippen LogP contribution is -2.43. The Bertz CT molecular complexity index is 862. The van der Waals surface area contributed by atoms with Gasteiger partial charge < -0.3 is 15.4 Å². The molecule has 0 saturated heterocycles. The molecule has 7 nitrogen and oxygen atoms in total. The third-order valence-electron chi connectivity index (χ3n) is 3.85. The van der Waals surface area contributed by atoms with Gasteiger partial charge in [0.1, 0.15) is 12.3 Å². The summed E-state index contributed by atoms with van der Waals surface area (Å²) in [6.07, 6.45) is 0. The zero-order chi connectivity index (χ0) is 18.7. The van der Waals surface area contributed by atoms with Crippen molar-refractivity contribution < 1.29 is 19.1 Å². The number of aryl methyl sites for hydroxylation is 1. The molecule has 0 aliphatic carbocycles. The second-order valence-electron chi connectivity index (χ2n) is 6.05. The first-order valence-electron chi connectivity index (χ1n) is 8.14. The number of benzene rings is 2. The maximum absolute atomic E-state index is 12.4. The monoisotopic (exact) mass is 353 g/mol. The summed E-state index contributed by atoms with van der Waals surface area (Å²) in [7, 11) is 0. The molecule has 2 aromatic rings. The average molecular weight is 353 g/mol. The highest BCUT2D eigenvalue weighted by molar-refractivity contribution is 6.05. The molecule has 0 unspecified atom stereocenters. The molecule has 0 aromatic heterocycles. The fraction of sp³-hybridized carbons (Fsp3) is 0.211. The fourth-order valence-corrected chi connectivity index (χ4v) is 2.67. The predicted octanol–water partition coefficient (Wildman–Crippen LogP) is 2.32. The molecule has 2 aromatic carbocycles. The van der Waals surface area contributed by atoms with E-state index in [-0.39, 0.29) is 30.9 Å². The van der Waals surface area contributed by atoms with E-state index in [4.69, 9.17) is 4.74 Å². The van der Waals surface area contributed by atoms with Crippen LogP contribution < -0.4 is 20.3 Å². The lowest BCUT2D eigenvalue weighted by molar-refractivity contribution is -0.123. The topological polar surface area (TPSA) is 87.7 Å². The van der Waals surface area contributed by atoms with Crippen LogP contribution in [0, 0.1) is 6.92 Å². The van der Waals surface area contributed by atoms with Crippen LogP contribution >= 0.6 is 0 Å². The Morgan fingerprint density at radius 2 is 1.73 bits per heavy atom. The molecule has 0 radical (unpaired) electrons. The summed E-state index contributed by atoms with van der Waals surface area (Å²) >= 11 is 0. The number of anilines is 3. The largest absolute Gasteiger partial charge is 0.482 e. The Morgan fingerprint density at radius 1 is 1.08 bits per heavy atom. The number of hydrogen-bond donors (Lipinski definition) is 2. The van der Waals surface area contributed by atoms with E-state index in [1.165, 1.54) is 11.8 Å². The van der Waals surface area contributed by atoms with Crippen molar-refractivity contribution in [1.29, 1.82) is 0 Å². The van der Waals surface area contributed by atoms with Gasteiger partial charge in [0.25, 0.3) is 5.91 Å². The van der Waals surface area contributed by atoms with Gasteiger partial charge in [0.2, 0.25) is 11.8 Å². The van der Waals surface area contributed by atoms with E-state index in [2.05, 4.69) is 10.6 Å². The van der Waals surface area contributed by atoms with Gasteiger partial charge in [-0.25, -0.2) is 0 Å². The van der Waals surface area contributed by atoms with E-state index in [0.29, 0.717) is 22.8 Å². The van der Waals surface area contributed by atoms with Gasteiger partial charge in [-0.05, 0) is 48.9 Å². The van der Waals surface area contributed by atoms with Crippen LogP contribution in [0.15, 0.2) is 42.5 Å². The fourth-order valence-electron chi connectivity index (χ4n) is 2.67. The Hall–Kier alpha value is -3.35. The Kier molecular flexibility index (Phi) is 4.88. The molecule has 1 aliphatic rings. The number of hydrogen-bond acceptors (Lipinski definition) is 4. The van der Waals surface area contributed by atoms with E-state index in [1.807, 2.05) is 19.1 Å². The molecular weight excluding hydrogens is 334 g/mol. The molecule has 3 amide bonds. The lowest BCUT2D eigenvalue weighted by atomic mass is 10.1. The number of nitrogens with one attached hydrogen (secondary N) is 2. The molecule has 7 heteroatoms. The van der Waals surface area contributed by atoms with Gasteiger partial charge in [-0.15, -0.1) is 0 Å². The number of rotatable bonds is 4. The molecule has 2 N–H and O–H groups in total. The molecule has 0 bridgehead atoms. The van der Waals surface area contributed by atoms with Gasteiger partial charge in [-0.2, -0.15) is 0 Å². The maximum atomic E-state index is 12.4. The van der Waals surface area contributed by atoms with E-state index < -0.39 is 0 Å². The molecule has 26 heavy (non-hydrogen) atoms. The summed E-state index contributed by atoms with van der Waals surface area (Å²) < 4.78 is 5.43. The minimum Gasteiger partial charge on any atom is -0.482 e. The molecule has 134 valence electrons. The Balaban J connectivity index is 1.68. The molecular formula is C19H19N3O4. The van der Waals surface area contributed by atoms with Gasteiger partial charge in [-0.1, -0.05) is 6.07 Å². The van der Waals surface area contributed by atoms with Gasteiger partial charge in [-0.3, -0.25) is 19.3 Å². The third kappa shape index (κ3) is 4.00. The molecule has 0 fully saturated rings. The van der Waals surface area contributed by atoms with Crippen LogP contribution in [0.5, 0.6) is 5.75 Å². The highest BCUT2D eigenvalue weighted by Crippen LogP contribution is 2.32. The number of nitrogens with zero attached hydrogens (tertiary/aromatic N) is 1. The van der Waals surface area contributed by atoms with E-state index in [1.54, 1.807) is 30.3 Å². The van der Waals surface area contributed by atoms with Crippen molar-refractivity contribution in [1.82, 2.24) is 0 Å². The number of amides is 3. The van der Waals surface area contributed by atoms with Crippen molar-refractivity contribution in [3.8, 4) is 5.75 Å². The SMILES string of the molecule is CC(=O)Nc1ccc(NC(=O)CN2C(=O)COc3cc(C)ccc32)cc1. The molecule has 0 saturated carbocycles. The minimum atomic E-state index is -0.320. The van der Waals surface area contributed by atoms with Crippen molar-refractivity contribution in [2.75, 3.05) is 28.7 Å². The Labute approximate surface area is 150 Å². The van der Waals surface area contributed by atoms with Crippen LogP contribution in [0.2, 0.25) is 0 Å². The van der Waals surface area contributed by atoms with Gasteiger partial charge >= 0.3 is 0 Å². The second kappa shape index (κ2) is 7.26. The van der Waals surface area contributed by atoms with Crippen LogP contribution in [-0.4, -0.2) is 30.9 Å². The van der Waals surface area contributed by atoms with Crippen molar-refractivity contribution in [2.45, 2.75) is 13.8 Å². The quantitative estimate of drug-likeness (QED) is 0.883. The van der Waals surface area contributed by atoms with Crippen LogP contribution in [0.3, 0.4) is 0 Å². The van der Waals surface area contributed by atoms with Gasteiger partial charge in [0.05, 0.1) is 5.69 Å². The number of carbonyl (C=O) groups is 3. The van der Waals surface area contributed by atoms with Crippen LogP contribution in [0.25, 0.3) is 0 Å².